The molecule has 4 aliphatic heterocycles. The summed E-state index contributed by atoms with van der Waals surface area (Å²) < 4.78 is 22.5. The molecule has 262 valence electrons. The fraction of sp³-hybridized carbons (Fsp3) is 0.486. The third-order valence-corrected chi connectivity index (χ3v) is 11.3. The van der Waals surface area contributed by atoms with E-state index in [0.717, 1.165) is 57.7 Å². The molecule has 50 heavy (non-hydrogen) atoms. The SMILES string of the molecule is C[C@@H]1CN(c2ccc(Nc3cc(-c4ccnc(N5CCN6C(=C(F)C7CCCCC76)C5=O)c4C=O)cn(C)c3=O)nc2)[C@@H](C)CN1C1COC1. The number of aromatic nitrogens is 3. The van der Waals surface area contributed by atoms with Crippen molar-refractivity contribution in [2.75, 3.05) is 54.5 Å². The second-order valence-electron chi connectivity index (χ2n) is 14.3. The summed E-state index contributed by atoms with van der Waals surface area (Å²) in [7, 11) is 1.64. The number of amides is 1. The molecular formula is C37H43FN8O4. The Kier molecular flexibility index (Phi) is 8.42. The van der Waals surface area contributed by atoms with E-state index in [2.05, 4.69) is 38.9 Å². The predicted octanol–water partition coefficient (Wildman–Crippen LogP) is 4.10. The van der Waals surface area contributed by atoms with Crippen LogP contribution in [0.4, 0.5) is 27.4 Å². The van der Waals surface area contributed by atoms with Crippen molar-refractivity contribution in [3.8, 4) is 11.1 Å². The first-order valence-electron chi connectivity index (χ1n) is 17.7. The maximum atomic E-state index is 15.6. The number of halogens is 1. The third kappa shape index (κ3) is 5.47. The van der Waals surface area contributed by atoms with E-state index in [-0.39, 0.29) is 46.1 Å². The molecule has 13 heteroatoms. The van der Waals surface area contributed by atoms with Gasteiger partial charge in [-0.1, -0.05) is 12.8 Å². The topological polar surface area (TPSA) is 116 Å². The van der Waals surface area contributed by atoms with Gasteiger partial charge in [0.2, 0.25) is 0 Å². The number of piperazine rings is 2. The van der Waals surface area contributed by atoms with Gasteiger partial charge in [-0.15, -0.1) is 0 Å². The Morgan fingerprint density at radius 1 is 1.00 bits per heavy atom. The fourth-order valence-corrected chi connectivity index (χ4v) is 8.60. The van der Waals surface area contributed by atoms with Crippen LogP contribution >= 0.6 is 0 Å². The summed E-state index contributed by atoms with van der Waals surface area (Å²) in [6, 6.07) is 8.47. The zero-order valence-electron chi connectivity index (χ0n) is 28.7. The molecule has 4 fully saturated rings. The minimum atomic E-state index is -0.466. The Balaban J connectivity index is 1.04. The molecule has 8 rings (SSSR count). The molecule has 2 unspecified atom stereocenters. The summed E-state index contributed by atoms with van der Waals surface area (Å²) >= 11 is 0. The average molecular weight is 683 g/mol. The lowest BCUT2D eigenvalue weighted by molar-refractivity contribution is -0.118. The number of aldehydes is 1. The predicted molar refractivity (Wildman–Crippen MR) is 188 cm³/mol. The minimum absolute atomic E-state index is 0.0208. The number of carbonyl (C=O) groups is 2. The first kappa shape index (κ1) is 32.6. The number of nitrogens with one attached hydrogen (secondary N) is 1. The number of ether oxygens (including phenoxy) is 1. The summed E-state index contributed by atoms with van der Waals surface area (Å²) in [5, 5.41) is 3.18. The van der Waals surface area contributed by atoms with Gasteiger partial charge in [-0.2, -0.15) is 0 Å². The lowest BCUT2D eigenvalue weighted by atomic mass is 9.85. The third-order valence-electron chi connectivity index (χ3n) is 11.3. The van der Waals surface area contributed by atoms with Crippen LogP contribution in [0.1, 0.15) is 49.9 Å². The lowest BCUT2D eigenvalue weighted by Gasteiger charge is -2.50. The zero-order valence-corrected chi connectivity index (χ0v) is 28.7. The molecule has 0 radical (unpaired) electrons. The van der Waals surface area contributed by atoms with Crippen LogP contribution in [0, 0.1) is 5.92 Å². The van der Waals surface area contributed by atoms with Gasteiger partial charge in [0.05, 0.1) is 36.7 Å². The van der Waals surface area contributed by atoms with Crippen LogP contribution in [0.2, 0.25) is 0 Å². The Hall–Kier alpha value is -4.62. The van der Waals surface area contributed by atoms with E-state index in [0.29, 0.717) is 54.4 Å². The number of aryl methyl sites for hydroxylation is 1. The molecule has 5 aliphatic rings. The summed E-state index contributed by atoms with van der Waals surface area (Å²) in [6.45, 7) is 8.69. The van der Waals surface area contributed by atoms with Crippen molar-refractivity contribution in [2.24, 2.45) is 13.0 Å². The highest BCUT2D eigenvalue weighted by atomic mass is 19.1. The van der Waals surface area contributed by atoms with Crippen LogP contribution < -0.4 is 20.7 Å². The Morgan fingerprint density at radius 3 is 2.56 bits per heavy atom. The first-order valence-corrected chi connectivity index (χ1v) is 17.7. The smallest absolute Gasteiger partial charge is 0.278 e. The minimum Gasteiger partial charge on any atom is -0.378 e. The normalized spacial score (nSPS) is 25.8. The highest BCUT2D eigenvalue weighted by molar-refractivity contribution is 6.09. The fourth-order valence-electron chi connectivity index (χ4n) is 8.60. The van der Waals surface area contributed by atoms with Crippen molar-refractivity contribution >= 4 is 35.2 Å². The number of pyridine rings is 3. The van der Waals surface area contributed by atoms with Crippen molar-refractivity contribution in [3.05, 3.63) is 70.3 Å². The van der Waals surface area contributed by atoms with E-state index in [1.165, 1.54) is 15.7 Å². The Morgan fingerprint density at radius 2 is 1.82 bits per heavy atom. The van der Waals surface area contributed by atoms with Crippen molar-refractivity contribution in [1.82, 2.24) is 24.3 Å². The molecule has 0 bridgehead atoms. The summed E-state index contributed by atoms with van der Waals surface area (Å²) in [5.74, 6) is -0.355. The Labute approximate surface area is 290 Å². The molecule has 4 atom stereocenters. The van der Waals surface area contributed by atoms with Gasteiger partial charge >= 0.3 is 0 Å². The molecule has 3 saturated heterocycles. The van der Waals surface area contributed by atoms with Gasteiger partial charge in [0.15, 0.2) is 6.29 Å². The van der Waals surface area contributed by atoms with Gasteiger partial charge in [0.25, 0.3) is 11.5 Å². The number of hydrogen-bond acceptors (Lipinski definition) is 10. The highest BCUT2D eigenvalue weighted by Crippen LogP contribution is 2.45. The van der Waals surface area contributed by atoms with E-state index in [1.54, 1.807) is 25.4 Å². The van der Waals surface area contributed by atoms with Crippen LogP contribution in [-0.2, 0) is 16.6 Å². The van der Waals surface area contributed by atoms with Gasteiger partial charge < -0.3 is 24.4 Å². The van der Waals surface area contributed by atoms with E-state index >= 15 is 4.39 Å². The number of fused-ring (bicyclic) bond motifs is 3. The summed E-state index contributed by atoms with van der Waals surface area (Å²) in [4.78, 5) is 57.2. The molecule has 1 N–H and O–H groups in total. The Bertz CT molecular complexity index is 1910. The maximum absolute atomic E-state index is 15.6. The molecule has 7 heterocycles. The number of anilines is 4. The second-order valence-corrected chi connectivity index (χ2v) is 14.3. The zero-order chi connectivity index (χ0) is 34.7. The number of rotatable bonds is 7. The van der Waals surface area contributed by atoms with Crippen molar-refractivity contribution in [1.29, 1.82) is 0 Å². The van der Waals surface area contributed by atoms with Crippen molar-refractivity contribution in [3.63, 3.8) is 0 Å². The molecule has 1 saturated carbocycles. The first-order chi connectivity index (χ1) is 24.2. The molecule has 12 nitrogen and oxygen atoms in total. The standard InChI is InChI=1S/C37H43FN8O4/c1-22-17-46(26-20-50-21-26)23(2)16-45(22)25-8-9-32(40-15-25)41-30-14-24(18-42(3)36(30)48)27-10-11-39-35(29(27)19-47)44-13-12-43-31-7-5-4-6-28(31)33(38)34(43)37(44)49/h8-11,14-15,18-19,22-23,26,28,31H,4-7,12-13,16-17,20-21H2,1-3H3,(H,40,41)/t22-,23+,28?,31?/m0/s1. The van der Waals surface area contributed by atoms with Gasteiger partial charge in [-0.3, -0.25) is 24.2 Å². The molecule has 0 aromatic carbocycles. The maximum Gasteiger partial charge on any atom is 0.278 e. The second kappa shape index (κ2) is 12.9. The van der Waals surface area contributed by atoms with E-state index in [1.807, 2.05) is 23.2 Å². The van der Waals surface area contributed by atoms with Crippen LogP contribution in [0.15, 0.2) is 59.2 Å². The molecular weight excluding hydrogens is 639 g/mol. The molecule has 3 aromatic rings. The number of carbonyl (C=O) groups excluding carboxylic acids is 2. The van der Waals surface area contributed by atoms with E-state index in [4.69, 9.17) is 4.74 Å². The van der Waals surface area contributed by atoms with E-state index < -0.39 is 5.91 Å². The lowest BCUT2D eigenvalue weighted by Crippen LogP contribution is -2.63. The summed E-state index contributed by atoms with van der Waals surface area (Å²) in [6.07, 6.45) is 9.29. The number of hydrogen-bond donors (Lipinski definition) is 1. The van der Waals surface area contributed by atoms with Gasteiger partial charge in [-0.05, 0) is 56.5 Å². The van der Waals surface area contributed by atoms with Gasteiger partial charge in [-0.25, -0.2) is 14.4 Å². The monoisotopic (exact) mass is 682 g/mol. The van der Waals surface area contributed by atoms with E-state index in [9.17, 15) is 14.4 Å². The van der Waals surface area contributed by atoms with Crippen LogP contribution in [0.3, 0.4) is 0 Å². The molecule has 1 amide bonds. The van der Waals surface area contributed by atoms with Gasteiger partial charge in [0.1, 0.15) is 28.8 Å². The largest absolute Gasteiger partial charge is 0.378 e. The average Bonchev–Trinajstić information content (AvgIpc) is 3.39. The number of nitrogens with zero attached hydrogens (tertiary/aromatic N) is 7. The van der Waals surface area contributed by atoms with Crippen LogP contribution in [0.25, 0.3) is 11.1 Å². The molecule has 0 spiro atoms. The quantitative estimate of drug-likeness (QED) is 0.366. The molecule has 3 aromatic heterocycles. The van der Waals surface area contributed by atoms with Crippen molar-refractivity contribution in [2.45, 2.75) is 63.7 Å². The van der Waals surface area contributed by atoms with Crippen LogP contribution in [0.5, 0.6) is 0 Å². The van der Waals surface area contributed by atoms with Gasteiger partial charge in [0, 0.05) is 75.2 Å². The summed E-state index contributed by atoms with van der Waals surface area (Å²) in [5.41, 5.74) is 2.43. The van der Waals surface area contributed by atoms with Crippen molar-refractivity contribution < 1.29 is 18.7 Å². The molecule has 1 aliphatic carbocycles. The van der Waals surface area contributed by atoms with Crippen LogP contribution in [-0.4, -0.2) is 100 Å². The highest BCUT2D eigenvalue weighted by Gasteiger charge is 2.48.